The first-order valence-electron chi connectivity index (χ1n) is 12.6. The lowest BCUT2D eigenvalue weighted by atomic mass is 9.61. The van der Waals surface area contributed by atoms with Crippen LogP contribution in [0.1, 0.15) is 72.1 Å². The number of hydrogen-bond acceptors (Lipinski definition) is 9. The number of rotatable bonds is 10. The summed E-state index contributed by atoms with van der Waals surface area (Å²) >= 11 is 0. The van der Waals surface area contributed by atoms with Crippen LogP contribution in [0.3, 0.4) is 0 Å². The molecular formula is C26H34O9. The van der Waals surface area contributed by atoms with E-state index in [4.69, 9.17) is 9.47 Å². The van der Waals surface area contributed by atoms with Crippen molar-refractivity contribution in [1.82, 2.24) is 0 Å². The molecule has 9 nitrogen and oxygen atoms in total. The molecule has 0 radical (unpaired) electrons. The number of ketones is 1. The molecular weight excluding hydrogens is 456 g/mol. The summed E-state index contributed by atoms with van der Waals surface area (Å²) in [6.07, 6.45) is 2.90. The van der Waals surface area contributed by atoms with Crippen LogP contribution in [0.15, 0.2) is 22.8 Å². The molecule has 2 heterocycles. The molecule has 1 fully saturated rings. The second-order valence-electron chi connectivity index (χ2n) is 10.5. The fourth-order valence-corrected chi connectivity index (χ4v) is 6.32. The van der Waals surface area contributed by atoms with Crippen molar-refractivity contribution in [3.8, 4) is 0 Å². The summed E-state index contributed by atoms with van der Waals surface area (Å²) in [5, 5.41) is 33.3. The third-order valence-electron chi connectivity index (χ3n) is 8.14. The first-order chi connectivity index (χ1) is 16.5. The second-order valence-corrected chi connectivity index (χ2v) is 10.5. The molecule has 4 rings (SSSR count). The van der Waals surface area contributed by atoms with Gasteiger partial charge >= 0.3 is 17.9 Å². The number of esters is 3. The summed E-state index contributed by atoms with van der Waals surface area (Å²) < 4.78 is 10.4. The number of ether oxygens (including phenoxy) is 2. The molecule has 0 aromatic rings. The van der Waals surface area contributed by atoms with E-state index in [1.807, 2.05) is 6.92 Å². The van der Waals surface area contributed by atoms with Gasteiger partial charge in [-0.15, -0.1) is 0 Å². The minimum atomic E-state index is -2.19. The Bertz CT molecular complexity index is 1010. The third-order valence-corrected chi connectivity index (χ3v) is 8.14. The van der Waals surface area contributed by atoms with E-state index in [1.165, 1.54) is 13.0 Å². The van der Waals surface area contributed by atoms with E-state index in [2.05, 4.69) is 6.92 Å². The van der Waals surface area contributed by atoms with E-state index in [0.717, 1.165) is 19.3 Å². The molecule has 9 heteroatoms. The standard InChI is InChI=1S/C26H34O9/c1-4-6-7-8-10-13-14(20(28)21(29)16(27)9-5-2)11-17-25(3)12-15-18(23(31)34-22(15)30)19(13)26(17,33)35-24(25)32/h11,13-14,16,19-20,27-28,33H,4-10,12H2,1-3H3. The lowest BCUT2D eigenvalue weighted by molar-refractivity contribution is -0.207. The van der Waals surface area contributed by atoms with Crippen LogP contribution in [0.4, 0.5) is 0 Å². The van der Waals surface area contributed by atoms with Gasteiger partial charge in [0.15, 0.2) is 5.78 Å². The highest BCUT2D eigenvalue weighted by Gasteiger charge is 2.70. The zero-order chi connectivity index (χ0) is 25.7. The maximum Gasteiger partial charge on any atom is 0.343 e. The molecule has 192 valence electrons. The SMILES string of the molecule is CCCCCCC1C(C(O)C(=O)C(O)CCC)C=C2C3(C)CC4=C(C(=O)OC4=O)C1C2(O)OC3=O. The molecule has 3 N–H and O–H groups in total. The van der Waals surface area contributed by atoms with Crippen molar-refractivity contribution < 1.29 is 44.0 Å². The van der Waals surface area contributed by atoms with E-state index in [9.17, 15) is 34.5 Å². The molecule has 0 amide bonds. The van der Waals surface area contributed by atoms with Gasteiger partial charge in [0, 0.05) is 11.5 Å². The van der Waals surface area contributed by atoms with Gasteiger partial charge in [0.25, 0.3) is 0 Å². The predicted molar refractivity (Wildman–Crippen MR) is 121 cm³/mol. The van der Waals surface area contributed by atoms with Crippen LogP contribution in [-0.4, -0.2) is 57.0 Å². The fourth-order valence-electron chi connectivity index (χ4n) is 6.32. The Morgan fingerprint density at radius 3 is 2.49 bits per heavy atom. The smallest absolute Gasteiger partial charge is 0.343 e. The van der Waals surface area contributed by atoms with Gasteiger partial charge < -0.3 is 24.8 Å². The van der Waals surface area contributed by atoms with Crippen molar-refractivity contribution in [3.63, 3.8) is 0 Å². The molecule has 0 spiro atoms. The monoisotopic (exact) mass is 490 g/mol. The van der Waals surface area contributed by atoms with Gasteiger partial charge in [-0.25, -0.2) is 9.59 Å². The number of unbranched alkanes of at least 4 members (excludes halogenated alkanes) is 3. The zero-order valence-corrected chi connectivity index (χ0v) is 20.4. The number of hydrogen-bond donors (Lipinski definition) is 3. The lowest BCUT2D eigenvalue weighted by Gasteiger charge is -2.45. The Hall–Kier alpha value is -2.36. The molecule has 1 saturated heterocycles. The van der Waals surface area contributed by atoms with Crippen molar-refractivity contribution in [2.45, 2.75) is 90.1 Å². The van der Waals surface area contributed by atoms with Crippen LogP contribution < -0.4 is 0 Å². The average Bonchev–Trinajstić information content (AvgIpc) is 3.16. The molecule has 2 aliphatic carbocycles. The molecule has 7 unspecified atom stereocenters. The minimum Gasteiger partial charge on any atom is -0.428 e. The van der Waals surface area contributed by atoms with Gasteiger partial charge in [-0.2, -0.15) is 0 Å². The van der Waals surface area contributed by atoms with Crippen LogP contribution >= 0.6 is 0 Å². The molecule has 4 aliphatic rings. The van der Waals surface area contributed by atoms with E-state index >= 15 is 0 Å². The normalized spacial score (nSPS) is 35.2. The highest BCUT2D eigenvalue weighted by atomic mass is 16.7. The molecule has 35 heavy (non-hydrogen) atoms. The van der Waals surface area contributed by atoms with Gasteiger partial charge in [0.1, 0.15) is 12.2 Å². The molecule has 4 bridgehead atoms. The van der Waals surface area contributed by atoms with Crippen LogP contribution in [0.5, 0.6) is 0 Å². The van der Waals surface area contributed by atoms with Crippen LogP contribution in [0.25, 0.3) is 0 Å². The Balaban J connectivity index is 1.87. The van der Waals surface area contributed by atoms with Crippen LogP contribution in [0.2, 0.25) is 0 Å². The topological polar surface area (TPSA) is 147 Å². The Labute approximate surface area is 204 Å². The number of fused-ring (bicyclic) bond motifs is 1. The second kappa shape index (κ2) is 9.26. The summed E-state index contributed by atoms with van der Waals surface area (Å²) in [4.78, 5) is 51.4. The van der Waals surface area contributed by atoms with Crippen molar-refractivity contribution in [2.24, 2.45) is 23.2 Å². The Kier molecular flexibility index (Phi) is 6.81. The molecule has 2 aliphatic heterocycles. The number of carbonyl (C=O) groups excluding carboxylic acids is 4. The van der Waals surface area contributed by atoms with Crippen LogP contribution in [-0.2, 0) is 28.7 Å². The van der Waals surface area contributed by atoms with Gasteiger partial charge in [0.2, 0.25) is 5.79 Å². The Morgan fingerprint density at radius 2 is 1.83 bits per heavy atom. The largest absolute Gasteiger partial charge is 0.428 e. The number of cyclic esters (lactones) is 2. The minimum absolute atomic E-state index is 0.0343. The van der Waals surface area contributed by atoms with E-state index in [0.29, 0.717) is 19.3 Å². The highest BCUT2D eigenvalue weighted by molar-refractivity contribution is 6.14. The fraction of sp³-hybridized carbons (Fsp3) is 0.692. The summed E-state index contributed by atoms with van der Waals surface area (Å²) in [6.45, 7) is 5.38. The number of carbonyl (C=O) groups is 4. The van der Waals surface area contributed by atoms with E-state index in [1.54, 1.807) is 0 Å². The van der Waals surface area contributed by atoms with Crippen molar-refractivity contribution in [1.29, 1.82) is 0 Å². The number of aliphatic hydroxyl groups is 3. The van der Waals surface area contributed by atoms with Crippen molar-refractivity contribution >= 4 is 23.7 Å². The average molecular weight is 491 g/mol. The van der Waals surface area contributed by atoms with E-state index in [-0.39, 0.29) is 29.6 Å². The van der Waals surface area contributed by atoms with Gasteiger partial charge in [0.05, 0.1) is 22.5 Å². The molecule has 0 saturated carbocycles. The maximum atomic E-state index is 13.0. The lowest BCUT2D eigenvalue weighted by Crippen LogP contribution is -2.53. The third kappa shape index (κ3) is 3.88. The summed E-state index contributed by atoms with van der Waals surface area (Å²) in [6, 6.07) is 0. The predicted octanol–water partition coefficient (Wildman–Crippen LogP) is 1.87. The van der Waals surface area contributed by atoms with E-state index < -0.39 is 64.9 Å². The zero-order valence-electron chi connectivity index (χ0n) is 20.4. The molecule has 7 atom stereocenters. The summed E-state index contributed by atoms with van der Waals surface area (Å²) in [5.41, 5.74) is -1.34. The highest BCUT2D eigenvalue weighted by Crippen LogP contribution is 2.62. The quantitative estimate of drug-likeness (QED) is 0.181. The maximum absolute atomic E-state index is 13.0. The molecule has 0 aromatic heterocycles. The van der Waals surface area contributed by atoms with Gasteiger partial charge in [-0.05, 0) is 32.1 Å². The van der Waals surface area contributed by atoms with Gasteiger partial charge in [-0.3, -0.25) is 9.59 Å². The summed E-state index contributed by atoms with van der Waals surface area (Å²) in [7, 11) is 0. The number of Topliss-reactive ketones (excluding diaryl/α,β-unsaturated/α-hetero) is 1. The summed E-state index contributed by atoms with van der Waals surface area (Å²) in [5.74, 6) is -8.23. The molecule has 0 aromatic carbocycles. The number of aliphatic hydroxyl groups excluding tert-OH is 2. The van der Waals surface area contributed by atoms with Crippen molar-refractivity contribution in [3.05, 3.63) is 22.8 Å². The first kappa shape index (κ1) is 25.7. The van der Waals surface area contributed by atoms with Gasteiger partial charge in [-0.1, -0.05) is 52.0 Å². The van der Waals surface area contributed by atoms with Crippen molar-refractivity contribution in [2.75, 3.05) is 0 Å². The first-order valence-corrected chi connectivity index (χ1v) is 12.6. The Morgan fingerprint density at radius 1 is 1.11 bits per heavy atom. The van der Waals surface area contributed by atoms with Crippen LogP contribution in [0, 0.1) is 23.2 Å².